The van der Waals surface area contributed by atoms with Gasteiger partial charge >= 0.3 is 5.69 Å². The van der Waals surface area contributed by atoms with Crippen molar-refractivity contribution in [1.29, 1.82) is 0 Å². The molecule has 0 amide bonds. The van der Waals surface area contributed by atoms with E-state index in [1.54, 1.807) is 0 Å². The Balaban J connectivity index is 1.89. The fourth-order valence-electron chi connectivity index (χ4n) is 3.04. The highest BCUT2D eigenvalue weighted by molar-refractivity contribution is 4.98. The quantitative estimate of drug-likeness (QED) is 0.336. The number of allylic oxidation sites excluding steroid dienone is 2. The average Bonchev–Trinajstić information content (AvgIpc) is 2.57. The number of H-pyrrole nitrogens is 2. The number of hydrogen-bond acceptors (Lipinski definition) is 2. The molecule has 0 radical (unpaired) electrons. The zero-order chi connectivity index (χ0) is 18.2. The summed E-state index contributed by atoms with van der Waals surface area (Å²) in [6, 6.07) is 1.48. The van der Waals surface area contributed by atoms with Crippen molar-refractivity contribution in [3.63, 3.8) is 0 Å². The van der Waals surface area contributed by atoms with E-state index in [-0.39, 0.29) is 5.56 Å². The van der Waals surface area contributed by atoms with Crippen molar-refractivity contribution in [1.82, 2.24) is 9.97 Å². The van der Waals surface area contributed by atoms with Crippen LogP contribution in [0.5, 0.6) is 0 Å². The van der Waals surface area contributed by atoms with Crippen LogP contribution in [0.4, 0.5) is 0 Å². The molecule has 4 heteroatoms. The minimum absolute atomic E-state index is 0.313. The van der Waals surface area contributed by atoms with Gasteiger partial charge in [0.2, 0.25) is 0 Å². The first-order valence-electron chi connectivity index (χ1n) is 10.2. The minimum atomic E-state index is -0.407. The van der Waals surface area contributed by atoms with Crippen LogP contribution in [0.1, 0.15) is 96.1 Å². The van der Waals surface area contributed by atoms with E-state index in [1.807, 2.05) is 0 Å². The molecule has 25 heavy (non-hydrogen) atoms. The van der Waals surface area contributed by atoms with Gasteiger partial charge in [0.1, 0.15) is 0 Å². The topological polar surface area (TPSA) is 65.7 Å². The molecule has 0 saturated heterocycles. The molecule has 0 aliphatic heterocycles. The van der Waals surface area contributed by atoms with Crippen molar-refractivity contribution in [2.45, 2.75) is 96.8 Å². The van der Waals surface area contributed by atoms with Crippen molar-refractivity contribution < 1.29 is 0 Å². The normalized spacial score (nSPS) is 11.4. The molecule has 0 aliphatic carbocycles. The molecule has 142 valence electrons. The number of nitrogens with one attached hydrogen (secondary N) is 2. The Hall–Kier alpha value is -1.58. The number of aromatic nitrogens is 2. The van der Waals surface area contributed by atoms with Gasteiger partial charge in [-0.05, 0) is 38.5 Å². The molecule has 1 rings (SSSR count). The monoisotopic (exact) mass is 348 g/mol. The van der Waals surface area contributed by atoms with Crippen LogP contribution in [-0.4, -0.2) is 9.97 Å². The van der Waals surface area contributed by atoms with Gasteiger partial charge in [0.25, 0.3) is 5.56 Å². The van der Waals surface area contributed by atoms with Gasteiger partial charge in [0.05, 0.1) is 0 Å². The van der Waals surface area contributed by atoms with Crippen LogP contribution >= 0.6 is 0 Å². The fraction of sp³-hybridized carbons (Fsp3) is 0.714. The average molecular weight is 349 g/mol. The summed E-state index contributed by atoms with van der Waals surface area (Å²) < 4.78 is 0. The Kier molecular flexibility index (Phi) is 12.7. The van der Waals surface area contributed by atoms with Crippen LogP contribution in [-0.2, 0) is 6.42 Å². The summed E-state index contributed by atoms with van der Waals surface area (Å²) in [7, 11) is 0. The maximum atomic E-state index is 11.2. The predicted octanol–water partition coefficient (Wildman–Crippen LogP) is 5.25. The first kappa shape index (κ1) is 21.5. The molecular formula is C21H36N2O2. The molecule has 2 N–H and O–H groups in total. The van der Waals surface area contributed by atoms with E-state index in [4.69, 9.17) is 0 Å². The molecule has 1 aromatic rings. The van der Waals surface area contributed by atoms with Crippen molar-refractivity contribution in [2.24, 2.45) is 0 Å². The Bertz CT molecular complexity index is 543. The summed E-state index contributed by atoms with van der Waals surface area (Å²) in [5.74, 6) is 0. The second kappa shape index (κ2) is 14.7. The molecule has 0 bridgehead atoms. The van der Waals surface area contributed by atoms with Crippen LogP contribution < -0.4 is 11.2 Å². The van der Waals surface area contributed by atoms with E-state index in [1.165, 1.54) is 76.7 Å². The van der Waals surface area contributed by atoms with E-state index < -0.39 is 5.69 Å². The molecule has 0 saturated carbocycles. The standard InChI is InChI=1S/C21H36N2O2/c1-2-3-4-5-6-7-8-9-10-11-12-13-14-15-16-17-19-18-20(24)23-21(25)22-19/h9-10,18H,2-8,11-17H2,1H3,(H2,22,23,24,25). The third-order valence-corrected chi connectivity index (χ3v) is 4.52. The van der Waals surface area contributed by atoms with Gasteiger partial charge in [0.15, 0.2) is 0 Å². The maximum Gasteiger partial charge on any atom is 0.325 e. The molecule has 0 unspecified atom stereocenters. The lowest BCUT2D eigenvalue weighted by Gasteiger charge is -2.01. The molecule has 0 fully saturated rings. The summed E-state index contributed by atoms with van der Waals surface area (Å²) in [6.45, 7) is 2.26. The summed E-state index contributed by atoms with van der Waals surface area (Å²) in [4.78, 5) is 27.2. The second-order valence-corrected chi connectivity index (χ2v) is 6.95. The molecule has 1 heterocycles. The first-order chi connectivity index (χ1) is 12.2. The highest BCUT2D eigenvalue weighted by Gasteiger charge is 1.97. The minimum Gasteiger partial charge on any atom is -0.311 e. The first-order valence-corrected chi connectivity index (χ1v) is 10.2. The largest absolute Gasteiger partial charge is 0.325 e. The Morgan fingerprint density at radius 3 is 1.92 bits per heavy atom. The van der Waals surface area contributed by atoms with Crippen LogP contribution in [0.15, 0.2) is 27.8 Å². The molecule has 0 aromatic carbocycles. The fourth-order valence-corrected chi connectivity index (χ4v) is 3.04. The SMILES string of the molecule is CCCCCCCCC=CCCCCCCCc1cc(=O)[nH]c(=O)[nH]1. The van der Waals surface area contributed by atoms with E-state index >= 15 is 0 Å². The van der Waals surface area contributed by atoms with E-state index in [0.29, 0.717) is 0 Å². The van der Waals surface area contributed by atoms with Gasteiger partial charge in [-0.15, -0.1) is 0 Å². The van der Waals surface area contributed by atoms with E-state index in [2.05, 4.69) is 29.0 Å². The lowest BCUT2D eigenvalue weighted by Crippen LogP contribution is -2.22. The molecule has 1 aromatic heterocycles. The van der Waals surface area contributed by atoms with E-state index in [9.17, 15) is 9.59 Å². The Morgan fingerprint density at radius 1 is 0.760 bits per heavy atom. The molecule has 4 nitrogen and oxygen atoms in total. The molecular weight excluding hydrogens is 312 g/mol. The molecule has 0 aliphatic rings. The summed E-state index contributed by atoms with van der Waals surface area (Å²) >= 11 is 0. The van der Waals surface area contributed by atoms with Gasteiger partial charge < -0.3 is 4.98 Å². The number of aromatic amines is 2. The van der Waals surface area contributed by atoms with Gasteiger partial charge in [-0.1, -0.05) is 70.4 Å². The third kappa shape index (κ3) is 12.4. The van der Waals surface area contributed by atoms with Crippen LogP contribution in [0.25, 0.3) is 0 Å². The number of rotatable bonds is 15. The smallest absolute Gasteiger partial charge is 0.311 e. The van der Waals surface area contributed by atoms with Gasteiger partial charge in [-0.3, -0.25) is 9.78 Å². The van der Waals surface area contributed by atoms with Crippen LogP contribution in [0, 0.1) is 0 Å². The summed E-state index contributed by atoms with van der Waals surface area (Å²) in [5.41, 5.74) is 0.0214. The zero-order valence-electron chi connectivity index (χ0n) is 15.9. The number of aryl methyl sites for hydroxylation is 1. The van der Waals surface area contributed by atoms with Crippen molar-refractivity contribution in [2.75, 3.05) is 0 Å². The van der Waals surface area contributed by atoms with Gasteiger partial charge in [-0.25, -0.2) is 4.79 Å². The lowest BCUT2D eigenvalue weighted by molar-refractivity contribution is 0.607. The highest BCUT2D eigenvalue weighted by Crippen LogP contribution is 2.10. The highest BCUT2D eigenvalue weighted by atomic mass is 16.2. The summed E-state index contributed by atoms with van der Waals surface area (Å²) in [5, 5.41) is 0. The Labute approximate surface area is 152 Å². The number of unbranched alkanes of at least 4 members (excludes halogenated alkanes) is 11. The maximum absolute atomic E-state index is 11.2. The van der Waals surface area contributed by atoms with Crippen LogP contribution in [0.3, 0.4) is 0 Å². The zero-order valence-corrected chi connectivity index (χ0v) is 15.9. The van der Waals surface area contributed by atoms with Crippen molar-refractivity contribution >= 4 is 0 Å². The van der Waals surface area contributed by atoms with Gasteiger partial charge in [-0.2, -0.15) is 0 Å². The number of hydrogen-bond donors (Lipinski definition) is 2. The second-order valence-electron chi connectivity index (χ2n) is 6.95. The summed E-state index contributed by atoms with van der Waals surface area (Å²) in [6.07, 6.45) is 22.0. The van der Waals surface area contributed by atoms with Gasteiger partial charge in [0, 0.05) is 11.8 Å². The lowest BCUT2D eigenvalue weighted by atomic mass is 10.1. The predicted molar refractivity (Wildman–Crippen MR) is 106 cm³/mol. The third-order valence-electron chi connectivity index (χ3n) is 4.52. The van der Waals surface area contributed by atoms with Crippen LogP contribution in [0.2, 0.25) is 0 Å². The molecule has 0 spiro atoms. The molecule has 0 atom stereocenters. The van der Waals surface area contributed by atoms with E-state index in [0.717, 1.165) is 25.0 Å². The Morgan fingerprint density at radius 2 is 1.32 bits per heavy atom. The van der Waals surface area contributed by atoms with Crippen molar-refractivity contribution in [3.05, 3.63) is 44.8 Å². The van der Waals surface area contributed by atoms with Crippen molar-refractivity contribution in [3.8, 4) is 0 Å².